The first-order valence-electron chi connectivity index (χ1n) is 8.93. The number of nitrogens with one attached hydrogen (secondary N) is 1. The molecular weight excluding hydrogens is 392 g/mol. The van der Waals surface area contributed by atoms with E-state index in [0.717, 1.165) is 16.8 Å². The molecule has 0 saturated heterocycles. The fourth-order valence-electron chi connectivity index (χ4n) is 2.61. The largest absolute Gasteiger partial charge is 0.497 e. The fraction of sp³-hybridized carbons (Fsp3) is 0.200. The van der Waals surface area contributed by atoms with Gasteiger partial charge in [-0.15, -0.1) is 0 Å². The summed E-state index contributed by atoms with van der Waals surface area (Å²) < 4.78 is 16.0. The fourth-order valence-corrected chi connectivity index (χ4v) is 3.29. The van der Waals surface area contributed by atoms with Crippen molar-refractivity contribution in [1.29, 1.82) is 0 Å². The first-order chi connectivity index (χ1) is 14.2. The SMILES string of the molecule is COc1ccc(NC(=O)CCc2nc(CSc3nc4ccccc4o3)no2)cc1. The number of carbonyl (C=O) groups is 1. The number of benzene rings is 2. The Labute approximate surface area is 170 Å². The molecule has 0 spiro atoms. The molecule has 2 aromatic heterocycles. The number of ether oxygens (including phenoxy) is 1. The third-order valence-corrected chi connectivity index (χ3v) is 4.87. The van der Waals surface area contributed by atoms with Gasteiger partial charge in [0, 0.05) is 18.5 Å². The number of para-hydroxylation sites is 2. The van der Waals surface area contributed by atoms with Crippen LogP contribution in [0.1, 0.15) is 18.1 Å². The number of hydrogen-bond donors (Lipinski definition) is 1. The molecule has 1 N–H and O–H groups in total. The molecule has 0 aliphatic heterocycles. The highest BCUT2D eigenvalue weighted by atomic mass is 32.2. The molecular formula is C20H18N4O4S. The second-order valence-corrected chi connectivity index (χ2v) is 7.04. The van der Waals surface area contributed by atoms with Crippen molar-refractivity contribution in [3.63, 3.8) is 0 Å². The van der Waals surface area contributed by atoms with Gasteiger partial charge in [0.15, 0.2) is 11.4 Å². The van der Waals surface area contributed by atoms with E-state index in [9.17, 15) is 4.79 Å². The van der Waals surface area contributed by atoms with Gasteiger partial charge in [-0.2, -0.15) is 4.98 Å². The summed E-state index contributed by atoms with van der Waals surface area (Å²) in [5.41, 5.74) is 2.26. The lowest BCUT2D eigenvalue weighted by Crippen LogP contribution is -2.12. The molecule has 2 heterocycles. The Bertz CT molecular complexity index is 1070. The Kier molecular flexibility index (Phi) is 5.76. The summed E-state index contributed by atoms with van der Waals surface area (Å²) in [6.07, 6.45) is 0.606. The molecule has 0 aliphatic carbocycles. The quantitative estimate of drug-likeness (QED) is 0.433. The number of methoxy groups -OCH3 is 1. The van der Waals surface area contributed by atoms with E-state index in [2.05, 4.69) is 20.4 Å². The predicted octanol–water partition coefficient (Wildman–Crippen LogP) is 4.08. The summed E-state index contributed by atoms with van der Waals surface area (Å²) >= 11 is 1.39. The van der Waals surface area contributed by atoms with Crippen molar-refractivity contribution in [3.8, 4) is 5.75 Å². The number of oxazole rings is 1. The summed E-state index contributed by atoms with van der Waals surface area (Å²) in [5.74, 6) is 2.02. The lowest BCUT2D eigenvalue weighted by molar-refractivity contribution is -0.116. The molecule has 0 aliphatic rings. The van der Waals surface area contributed by atoms with Crippen LogP contribution in [0.15, 0.2) is 62.7 Å². The van der Waals surface area contributed by atoms with E-state index < -0.39 is 0 Å². The van der Waals surface area contributed by atoms with Crippen molar-refractivity contribution in [2.24, 2.45) is 0 Å². The normalized spacial score (nSPS) is 10.9. The standard InChI is InChI=1S/C20H18N4O4S/c1-26-14-8-6-13(7-9-14)21-18(25)10-11-19-23-17(24-28-19)12-29-20-22-15-4-2-3-5-16(15)27-20/h2-9H,10-12H2,1H3,(H,21,25). The number of carbonyl (C=O) groups excluding carboxylic acids is 1. The molecule has 8 nitrogen and oxygen atoms in total. The number of anilines is 1. The summed E-state index contributed by atoms with van der Waals surface area (Å²) in [5, 5.41) is 7.32. The Hall–Kier alpha value is -3.33. The summed E-state index contributed by atoms with van der Waals surface area (Å²) in [4.78, 5) is 20.8. The highest BCUT2D eigenvalue weighted by molar-refractivity contribution is 7.98. The third-order valence-electron chi connectivity index (χ3n) is 4.05. The van der Waals surface area contributed by atoms with Crippen molar-refractivity contribution in [2.45, 2.75) is 23.8 Å². The maximum atomic E-state index is 12.1. The van der Waals surface area contributed by atoms with Crippen LogP contribution in [-0.2, 0) is 17.0 Å². The molecule has 0 radical (unpaired) electrons. The number of nitrogens with zero attached hydrogens (tertiary/aromatic N) is 3. The monoisotopic (exact) mass is 410 g/mol. The zero-order chi connectivity index (χ0) is 20.1. The van der Waals surface area contributed by atoms with Gasteiger partial charge in [0.1, 0.15) is 11.3 Å². The van der Waals surface area contributed by atoms with Crippen molar-refractivity contribution in [1.82, 2.24) is 15.1 Å². The molecule has 4 rings (SSSR count). The molecule has 0 bridgehead atoms. The topological polar surface area (TPSA) is 103 Å². The van der Waals surface area contributed by atoms with Crippen LogP contribution < -0.4 is 10.1 Å². The molecule has 0 saturated carbocycles. The van der Waals surface area contributed by atoms with Crippen LogP contribution in [0, 0.1) is 0 Å². The number of fused-ring (bicyclic) bond motifs is 1. The van der Waals surface area contributed by atoms with Crippen molar-refractivity contribution >= 4 is 34.5 Å². The van der Waals surface area contributed by atoms with E-state index in [1.54, 1.807) is 31.4 Å². The summed E-state index contributed by atoms with van der Waals surface area (Å²) in [6, 6.07) is 14.7. The molecule has 9 heteroatoms. The van der Waals surface area contributed by atoms with Gasteiger partial charge in [0.2, 0.25) is 11.8 Å². The zero-order valence-corrected chi connectivity index (χ0v) is 16.4. The predicted molar refractivity (Wildman–Crippen MR) is 108 cm³/mol. The summed E-state index contributed by atoms with van der Waals surface area (Å²) in [6.45, 7) is 0. The Morgan fingerprint density at radius 2 is 1.97 bits per heavy atom. The first-order valence-corrected chi connectivity index (χ1v) is 9.92. The van der Waals surface area contributed by atoms with Gasteiger partial charge in [-0.1, -0.05) is 29.1 Å². The average Bonchev–Trinajstić information content (AvgIpc) is 3.37. The first kappa shape index (κ1) is 19.0. The zero-order valence-electron chi connectivity index (χ0n) is 15.6. The van der Waals surface area contributed by atoms with Crippen LogP contribution in [-0.4, -0.2) is 28.1 Å². The average molecular weight is 410 g/mol. The van der Waals surface area contributed by atoms with E-state index in [4.69, 9.17) is 13.7 Å². The maximum Gasteiger partial charge on any atom is 0.257 e. The highest BCUT2D eigenvalue weighted by Gasteiger charge is 2.12. The number of aromatic nitrogens is 3. The molecule has 29 heavy (non-hydrogen) atoms. The van der Waals surface area contributed by atoms with Gasteiger partial charge in [-0.3, -0.25) is 4.79 Å². The molecule has 148 valence electrons. The number of amides is 1. The van der Waals surface area contributed by atoms with E-state index in [1.807, 2.05) is 24.3 Å². The Balaban J connectivity index is 1.25. The molecule has 2 aromatic carbocycles. The van der Waals surface area contributed by atoms with Crippen LogP contribution in [0.25, 0.3) is 11.1 Å². The molecule has 1 amide bonds. The van der Waals surface area contributed by atoms with Crippen LogP contribution in [0.5, 0.6) is 5.75 Å². The minimum absolute atomic E-state index is 0.129. The van der Waals surface area contributed by atoms with Gasteiger partial charge in [0.05, 0.1) is 12.9 Å². The molecule has 0 fully saturated rings. The number of thioether (sulfide) groups is 1. The van der Waals surface area contributed by atoms with Gasteiger partial charge >= 0.3 is 0 Å². The lowest BCUT2D eigenvalue weighted by atomic mass is 10.2. The van der Waals surface area contributed by atoms with Crippen molar-refractivity contribution < 1.29 is 18.5 Å². The Morgan fingerprint density at radius 1 is 1.14 bits per heavy atom. The second kappa shape index (κ2) is 8.78. The minimum atomic E-state index is -0.129. The van der Waals surface area contributed by atoms with Gasteiger partial charge in [0.25, 0.3) is 5.22 Å². The van der Waals surface area contributed by atoms with Crippen LogP contribution in [0.2, 0.25) is 0 Å². The van der Waals surface area contributed by atoms with E-state index in [1.165, 1.54) is 11.8 Å². The van der Waals surface area contributed by atoms with E-state index in [0.29, 0.717) is 34.8 Å². The van der Waals surface area contributed by atoms with Crippen LogP contribution in [0.3, 0.4) is 0 Å². The van der Waals surface area contributed by atoms with E-state index in [-0.39, 0.29) is 12.3 Å². The van der Waals surface area contributed by atoms with Gasteiger partial charge in [-0.25, -0.2) is 4.98 Å². The highest BCUT2D eigenvalue weighted by Crippen LogP contribution is 2.25. The maximum absolute atomic E-state index is 12.1. The molecule has 0 unspecified atom stereocenters. The van der Waals surface area contributed by atoms with E-state index >= 15 is 0 Å². The Morgan fingerprint density at radius 3 is 2.76 bits per heavy atom. The van der Waals surface area contributed by atoms with Crippen molar-refractivity contribution in [3.05, 3.63) is 60.2 Å². The number of hydrogen-bond acceptors (Lipinski definition) is 8. The third kappa shape index (κ3) is 4.94. The van der Waals surface area contributed by atoms with Crippen molar-refractivity contribution in [2.75, 3.05) is 12.4 Å². The second-order valence-electron chi connectivity index (χ2n) is 6.12. The smallest absolute Gasteiger partial charge is 0.257 e. The molecule has 4 aromatic rings. The number of aryl methyl sites for hydroxylation is 1. The van der Waals surface area contributed by atoms with Gasteiger partial charge < -0.3 is 19.0 Å². The van der Waals surface area contributed by atoms with Gasteiger partial charge in [-0.05, 0) is 36.4 Å². The van der Waals surface area contributed by atoms with Crippen LogP contribution in [0.4, 0.5) is 5.69 Å². The summed E-state index contributed by atoms with van der Waals surface area (Å²) in [7, 11) is 1.60. The minimum Gasteiger partial charge on any atom is -0.497 e. The lowest BCUT2D eigenvalue weighted by Gasteiger charge is -2.05. The van der Waals surface area contributed by atoms with Crippen LogP contribution >= 0.6 is 11.8 Å². The number of rotatable bonds is 8. The molecule has 0 atom stereocenters.